The molecule has 1 unspecified atom stereocenters. The van der Waals surface area contributed by atoms with Gasteiger partial charge in [0.15, 0.2) is 0 Å². The lowest BCUT2D eigenvalue weighted by molar-refractivity contribution is 0.742. The maximum Gasteiger partial charge on any atom is 0.115 e. The van der Waals surface area contributed by atoms with Gasteiger partial charge in [-0.05, 0) is 18.6 Å². The highest BCUT2D eigenvalue weighted by Gasteiger charge is 2.13. The monoisotopic (exact) mass is 267 g/mol. The molecule has 0 aliphatic rings. The zero-order chi connectivity index (χ0) is 12.3. The molecular weight excluding hydrogens is 254 g/mol. The molecule has 2 aromatic rings. The van der Waals surface area contributed by atoms with E-state index in [1.54, 1.807) is 17.4 Å². The van der Waals surface area contributed by atoms with Gasteiger partial charge >= 0.3 is 0 Å². The molecule has 0 spiro atoms. The van der Waals surface area contributed by atoms with Crippen LogP contribution in [0.1, 0.15) is 24.4 Å². The second-order valence-electron chi connectivity index (χ2n) is 3.68. The van der Waals surface area contributed by atoms with Crippen molar-refractivity contribution in [3.63, 3.8) is 0 Å². The van der Waals surface area contributed by atoms with Gasteiger partial charge in [0, 0.05) is 11.6 Å². The summed E-state index contributed by atoms with van der Waals surface area (Å²) in [6, 6.07) is 5.77. The molecule has 0 aliphatic carbocycles. The zero-order valence-electron chi connectivity index (χ0n) is 9.48. The van der Waals surface area contributed by atoms with Crippen LogP contribution in [0.5, 0.6) is 0 Å². The third-order valence-corrected chi connectivity index (χ3v) is 3.76. The molecule has 17 heavy (non-hydrogen) atoms. The van der Waals surface area contributed by atoms with Gasteiger partial charge in [-0.2, -0.15) is 0 Å². The first-order valence-electron chi connectivity index (χ1n) is 5.42. The number of benzene rings is 1. The molecule has 5 heteroatoms. The van der Waals surface area contributed by atoms with Gasteiger partial charge in [-0.15, -0.1) is 11.3 Å². The average molecular weight is 268 g/mol. The Hall–Kier alpha value is -1.26. The van der Waals surface area contributed by atoms with E-state index >= 15 is 0 Å². The number of hydrogen-bond donors (Lipinski definition) is 2. The molecule has 3 N–H and O–H groups in total. The van der Waals surface area contributed by atoms with Crippen LogP contribution in [0.25, 0.3) is 0 Å². The number of aromatic nitrogens is 1. The predicted molar refractivity (Wildman–Crippen MR) is 74.6 cm³/mol. The van der Waals surface area contributed by atoms with Crippen LogP contribution < -0.4 is 11.1 Å². The van der Waals surface area contributed by atoms with Crippen molar-refractivity contribution in [3.8, 4) is 0 Å². The minimum atomic E-state index is 0.177. The van der Waals surface area contributed by atoms with E-state index in [1.807, 2.05) is 23.7 Å². The molecular formula is C12H14ClN3S. The van der Waals surface area contributed by atoms with Gasteiger partial charge in [0.1, 0.15) is 5.01 Å². The van der Waals surface area contributed by atoms with Crippen molar-refractivity contribution in [2.75, 3.05) is 11.1 Å². The summed E-state index contributed by atoms with van der Waals surface area (Å²) in [7, 11) is 0. The Balaban J connectivity index is 2.22. The summed E-state index contributed by atoms with van der Waals surface area (Å²) >= 11 is 7.62. The molecule has 0 aliphatic heterocycles. The molecule has 0 radical (unpaired) electrons. The number of halogens is 1. The zero-order valence-corrected chi connectivity index (χ0v) is 11.1. The summed E-state index contributed by atoms with van der Waals surface area (Å²) in [6.45, 7) is 2.11. The fraction of sp³-hybridized carbons (Fsp3) is 0.250. The molecule has 0 saturated carbocycles. The summed E-state index contributed by atoms with van der Waals surface area (Å²) in [6.07, 6.45) is 2.76. The van der Waals surface area contributed by atoms with Crippen LogP contribution >= 0.6 is 22.9 Å². The normalized spacial score (nSPS) is 12.4. The average Bonchev–Trinajstić information content (AvgIpc) is 2.85. The number of nitrogens with zero attached hydrogens (tertiary/aromatic N) is 1. The summed E-state index contributed by atoms with van der Waals surface area (Å²) in [5.74, 6) is 0. The lowest BCUT2D eigenvalue weighted by Gasteiger charge is -2.17. The number of anilines is 2. The Morgan fingerprint density at radius 3 is 3.00 bits per heavy atom. The van der Waals surface area contributed by atoms with E-state index in [1.165, 1.54) is 0 Å². The second-order valence-corrected chi connectivity index (χ2v) is 5.01. The van der Waals surface area contributed by atoms with Gasteiger partial charge < -0.3 is 11.1 Å². The Bertz CT molecular complexity index is 485. The van der Waals surface area contributed by atoms with Crippen LogP contribution in [0.4, 0.5) is 11.4 Å². The Labute approximate surface area is 110 Å². The SMILES string of the molecule is CCC(Nc1cccc(Cl)c1N)c1nccs1. The highest BCUT2D eigenvalue weighted by Crippen LogP contribution is 2.31. The molecule has 90 valence electrons. The van der Waals surface area contributed by atoms with E-state index in [0.717, 1.165) is 17.1 Å². The Morgan fingerprint density at radius 1 is 1.53 bits per heavy atom. The third-order valence-electron chi connectivity index (χ3n) is 2.54. The van der Waals surface area contributed by atoms with E-state index in [-0.39, 0.29) is 6.04 Å². The van der Waals surface area contributed by atoms with Crippen LogP contribution in [0, 0.1) is 0 Å². The van der Waals surface area contributed by atoms with Gasteiger partial charge in [-0.3, -0.25) is 0 Å². The van der Waals surface area contributed by atoms with Gasteiger partial charge in [0.2, 0.25) is 0 Å². The topological polar surface area (TPSA) is 50.9 Å². The summed E-state index contributed by atoms with van der Waals surface area (Å²) in [4.78, 5) is 4.32. The minimum Gasteiger partial charge on any atom is -0.396 e. The van der Waals surface area contributed by atoms with Gasteiger partial charge in [0.25, 0.3) is 0 Å². The van der Waals surface area contributed by atoms with Gasteiger partial charge in [0.05, 0.1) is 22.4 Å². The largest absolute Gasteiger partial charge is 0.396 e. The number of rotatable bonds is 4. The Kier molecular flexibility index (Phi) is 3.86. The van der Waals surface area contributed by atoms with Crippen LogP contribution in [-0.4, -0.2) is 4.98 Å². The first kappa shape index (κ1) is 12.2. The standard InChI is InChI=1S/C12H14ClN3S/c1-2-9(12-15-6-7-17-12)16-10-5-3-4-8(13)11(10)14/h3-7,9,16H,2,14H2,1H3. The van der Waals surface area contributed by atoms with E-state index in [4.69, 9.17) is 17.3 Å². The van der Waals surface area contributed by atoms with Crippen molar-refractivity contribution < 1.29 is 0 Å². The highest BCUT2D eigenvalue weighted by atomic mass is 35.5. The van der Waals surface area contributed by atoms with Crippen LogP contribution in [0.15, 0.2) is 29.8 Å². The fourth-order valence-corrected chi connectivity index (χ4v) is 2.54. The Morgan fingerprint density at radius 2 is 2.35 bits per heavy atom. The second kappa shape index (κ2) is 5.38. The number of nitrogen functional groups attached to an aromatic ring is 1. The lowest BCUT2D eigenvalue weighted by Crippen LogP contribution is -2.10. The highest BCUT2D eigenvalue weighted by molar-refractivity contribution is 7.09. The fourth-order valence-electron chi connectivity index (χ4n) is 1.60. The summed E-state index contributed by atoms with van der Waals surface area (Å²) in [5, 5.41) is 6.99. The summed E-state index contributed by atoms with van der Waals surface area (Å²) in [5.41, 5.74) is 7.38. The van der Waals surface area contributed by atoms with E-state index in [9.17, 15) is 0 Å². The van der Waals surface area contributed by atoms with Crippen molar-refractivity contribution in [1.82, 2.24) is 4.98 Å². The van der Waals surface area contributed by atoms with Crippen molar-refractivity contribution in [1.29, 1.82) is 0 Å². The number of para-hydroxylation sites is 1. The third kappa shape index (κ3) is 2.70. The maximum atomic E-state index is 5.99. The lowest BCUT2D eigenvalue weighted by atomic mass is 10.2. The minimum absolute atomic E-state index is 0.177. The maximum absolute atomic E-state index is 5.99. The van der Waals surface area contributed by atoms with Crippen LogP contribution in [0.2, 0.25) is 5.02 Å². The van der Waals surface area contributed by atoms with Crippen LogP contribution in [-0.2, 0) is 0 Å². The molecule has 3 nitrogen and oxygen atoms in total. The molecule has 2 rings (SSSR count). The molecule has 0 saturated heterocycles. The van der Waals surface area contributed by atoms with Crippen LogP contribution in [0.3, 0.4) is 0 Å². The molecule has 0 bridgehead atoms. The molecule has 1 aromatic heterocycles. The molecule has 1 aromatic carbocycles. The van der Waals surface area contributed by atoms with Crippen molar-refractivity contribution >= 4 is 34.3 Å². The van der Waals surface area contributed by atoms with E-state index in [0.29, 0.717) is 10.7 Å². The number of thiazole rings is 1. The van der Waals surface area contributed by atoms with E-state index < -0.39 is 0 Å². The summed E-state index contributed by atoms with van der Waals surface area (Å²) < 4.78 is 0. The first-order chi connectivity index (χ1) is 8.22. The van der Waals surface area contributed by atoms with Gasteiger partial charge in [-0.1, -0.05) is 24.6 Å². The quantitative estimate of drug-likeness (QED) is 0.825. The number of nitrogens with two attached hydrogens (primary N) is 1. The molecule has 1 heterocycles. The first-order valence-corrected chi connectivity index (χ1v) is 6.68. The molecule has 0 amide bonds. The smallest absolute Gasteiger partial charge is 0.115 e. The molecule has 1 atom stereocenters. The number of nitrogens with one attached hydrogen (secondary N) is 1. The van der Waals surface area contributed by atoms with Crippen molar-refractivity contribution in [2.45, 2.75) is 19.4 Å². The molecule has 0 fully saturated rings. The number of hydrogen-bond acceptors (Lipinski definition) is 4. The van der Waals surface area contributed by atoms with E-state index in [2.05, 4.69) is 17.2 Å². The van der Waals surface area contributed by atoms with Crippen molar-refractivity contribution in [3.05, 3.63) is 39.8 Å². The van der Waals surface area contributed by atoms with Crippen molar-refractivity contribution in [2.24, 2.45) is 0 Å². The van der Waals surface area contributed by atoms with Gasteiger partial charge in [-0.25, -0.2) is 4.98 Å². The predicted octanol–water partition coefficient (Wildman–Crippen LogP) is 3.94.